The molecule has 2 amide bonds. The lowest BCUT2D eigenvalue weighted by atomic mass is 10.1. The van der Waals surface area contributed by atoms with Crippen LogP contribution in [0, 0.1) is 13.8 Å². The Kier molecular flexibility index (Phi) is 8.49. The number of hydrogen-bond donors (Lipinski definition) is 1. The highest BCUT2D eigenvalue weighted by atomic mass is 32.2. The van der Waals surface area contributed by atoms with Crippen LogP contribution in [0.3, 0.4) is 0 Å². The van der Waals surface area contributed by atoms with E-state index < -0.39 is 22.0 Å². The van der Waals surface area contributed by atoms with Crippen molar-refractivity contribution in [3.8, 4) is 0 Å². The van der Waals surface area contributed by atoms with E-state index in [2.05, 4.69) is 5.32 Å². The molecule has 0 heterocycles. The highest BCUT2D eigenvalue weighted by Gasteiger charge is 2.31. The zero-order valence-corrected chi connectivity index (χ0v) is 21.3. The number of nitrogens with zero attached hydrogens (tertiary/aromatic N) is 2. The first-order valence-corrected chi connectivity index (χ1v) is 13.2. The first kappa shape index (κ1) is 25.9. The number of carbonyl (C=O) groups excluding carboxylic acids is 2. The van der Waals surface area contributed by atoms with E-state index in [-0.39, 0.29) is 29.9 Å². The van der Waals surface area contributed by atoms with Gasteiger partial charge >= 0.3 is 0 Å². The first-order chi connectivity index (χ1) is 16.1. The smallest absolute Gasteiger partial charge is 0.243 e. The molecule has 1 N–H and O–H groups in total. The van der Waals surface area contributed by atoms with Crippen LogP contribution in [0.2, 0.25) is 0 Å². The largest absolute Gasteiger partial charge is 0.352 e. The van der Waals surface area contributed by atoms with Crippen molar-refractivity contribution in [3.63, 3.8) is 0 Å². The van der Waals surface area contributed by atoms with E-state index in [1.165, 1.54) is 24.1 Å². The van der Waals surface area contributed by atoms with Crippen LogP contribution in [0.4, 0.5) is 0 Å². The lowest BCUT2D eigenvalue weighted by Crippen LogP contribution is -2.52. The van der Waals surface area contributed by atoms with Gasteiger partial charge < -0.3 is 10.2 Å². The van der Waals surface area contributed by atoms with Crippen LogP contribution in [0.1, 0.15) is 49.3 Å². The summed E-state index contributed by atoms with van der Waals surface area (Å²) in [5.74, 6) is -0.634. The van der Waals surface area contributed by atoms with Crippen LogP contribution in [0.25, 0.3) is 0 Å². The van der Waals surface area contributed by atoms with Crippen molar-refractivity contribution < 1.29 is 18.0 Å². The fourth-order valence-corrected chi connectivity index (χ4v) is 5.36. The molecule has 0 bridgehead atoms. The Morgan fingerprint density at radius 1 is 1.03 bits per heavy atom. The maximum absolute atomic E-state index is 13.4. The van der Waals surface area contributed by atoms with Crippen molar-refractivity contribution in [1.29, 1.82) is 0 Å². The summed E-state index contributed by atoms with van der Waals surface area (Å²) in [5.41, 5.74) is 2.88. The Balaban J connectivity index is 1.79. The number of nitrogens with one attached hydrogen (secondary N) is 1. The summed E-state index contributed by atoms with van der Waals surface area (Å²) in [6.07, 6.45) is 4.07. The van der Waals surface area contributed by atoms with Gasteiger partial charge in [-0.2, -0.15) is 4.31 Å². The van der Waals surface area contributed by atoms with E-state index in [0.29, 0.717) is 0 Å². The second-order valence-electron chi connectivity index (χ2n) is 9.25. The van der Waals surface area contributed by atoms with E-state index in [1.54, 1.807) is 19.1 Å². The Labute approximate surface area is 203 Å². The molecule has 0 unspecified atom stereocenters. The molecule has 184 valence electrons. The van der Waals surface area contributed by atoms with Gasteiger partial charge in [-0.25, -0.2) is 8.42 Å². The van der Waals surface area contributed by atoms with Gasteiger partial charge in [-0.15, -0.1) is 0 Å². The molecule has 1 fully saturated rings. The number of sulfonamides is 1. The van der Waals surface area contributed by atoms with Gasteiger partial charge in [0.2, 0.25) is 21.8 Å². The lowest BCUT2D eigenvalue weighted by molar-refractivity contribution is -0.140. The fraction of sp³-hybridized carbons (Fsp3) is 0.462. The molecule has 0 aliphatic heterocycles. The number of hydrogen-bond acceptors (Lipinski definition) is 4. The molecule has 1 saturated carbocycles. The highest BCUT2D eigenvalue weighted by Crippen LogP contribution is 2.20. The maximum atomic E-state index is 13.4. The Bertz CT molecular complexity index is 1110. The van der Waals surface area contributed by atoms with Gasteiger partial charge in [-0.05, 0) is 51.3 Å². The molecule has 0 aromatic heterocycles. The molecule has 1 aliphatic rings. The summed E-state index contributed by atoms with van der Waals surface area (Å²) in [4.78, 5) is 28.0. The standard InChI is InChI=1S/C26H35N3O4S/c1-19-12-14-24(15-13-19)34(32,33)28(4)18-25(30)29(17-22-9-7-8-20(2)16-22)21(3)26(31)27-23-10-5-6-11-23/h7-9,12-16,21,23H,5-6,10-11,17-18H2,1-4H3,(H,27,31)/t21-/m0/s1. The summed E-state index contributed by atoms with van der Waals surface area (Å²) in [6, 6.07) is 13.7. The number of amides is 2. The molecule has 3 rings (SSSR count). The third-order valence-corrected chi connectivity index (χ3v) is 8.21. The zero-order valence-electron chi connectivity index (χ0n) is 20.5. The first-order valence-electron chi connectivity index (χ1n) is 11.8. The topological polar surface area (TPSA) is 86.8 Å². The molecule has 1 aliphatic carbocycles. The average molecular weight is 486 g/mol. The normalized spacial score (nSPS) is 15.3. The molecule has 0 radical (unpaired) electrons. The summed E-state index contributed by atoms with van der Waals surface area (Å²) in [6.45, 7) is 5.41. The van der Waals surface area contributed by atoms with Crippen LogP contribution < -0.4 is 5.32 Å². The van der Waals surface area contributed by atoms with Crippen molar-refractivity contribution >= 4 is 21.8 Å². The van der Waals surface area contributed by atoms with Crippen LogP contribution in [0.15, 0.2) is 53.4 Å². The molecule has 34 heavy (non-hydrogen) atoms. The average Bonchev–Trinajstić information content (AvgIpc) is 3.30. The quantitative estimate of drug-likeness (QED) is 0.590. The zero-order chi connectivity index (χ0) is 24.9. The van der Waals surface area contributed by atoms with Gasteiger partial charge in [0.25, 0.3) is 0 Å². The minimum absolute atomic E-state index is 0.130. The highest BCUT2D eigenvalue weighted by molar-refractivity contribution is 7.89. The van der Waals surface area contributed by atoms with E-state index in [1.807, 2.05) is 38.1 Å². The SMILES string of the molecule is Cc1ccc(S(=O)(=O)N(C)CC(=O)N(Cc2cccc(C)c2)[C@@H](C)C(=O)NC2CCCC2)cc1. The van der Waals surface area contributed by atoms with Crippen molar-refractivity contribution in [3.05, 3.63) is 65.2 Å². The van der Waals surface area contributed by atoms with Crippen LogP contribution >= 0.6 is 0 Å². The molecular weight excluding hydrogens is 450 g/mol. The van der Waals surface area contributed by atoms with Gasteiger partial charge in [0, 0.05) is 19.6 Å². The second-order valence-corrected chi connectivity index (χ2v) is 11.3. The molecular formula is C26H35N3O4S. The van der Waals surface area contributed by atoms with E-state index in [4.69, 9.17) is 0 Å². The van der Waals surface area contributed by atoms with Crippen molar-refractivity contribution in [1.82, 2.24) is 14.5 Å². The number of aryl methyl sites for hydroxylation is 2. The molecule has 7 nitrogen and oxygen atoms in total. The van der Waals surface area contributed by atoms with Crippen molar-refractivity contribution in [2.24, 2.45) is 0 Å². The summed E-state index contributed by atoms with van der Waals surface area (Å²) in [7, 11) is -2.45. The lowest BCUT2D eigenvalue weighted by Gasteiger charge is -2.31. The monoisotopic (exact) mass is 485 g/mol. The van der Waals surface area contributed by atoms with Gasteiger partial charge in [-0.1, -0.05) is 60.4 Å². The number of likely N-dealkylation sites (N-methyl/N-ethyl adjacent to an activating group) is 1. The Morgan fingerprint density at radius 2 is 1.68 bits per heavy atom. The molecule has 0 spiro atoms. The number of benzene rings is 2. The number of rotatable bonds is 9. The van der Waals surface area contributed by atoms with E-state index in [0.717, 1.165) is 46.7 Å². The van der Waals surface area contributed by atoms with Crippen molar-refractivity contribution in [2.45, 2.75) is 70.0 Å². The predicted molar refractivity (Wildman–Crippen MR) is 133 cm³/mol. The molecule has 8 heteroatoms. The van der Waals surface area contributed by atoms with Crippen molar-refractivity contribution in [2.75, 3.05) is 13.6 Å². The maximum Gasteiger partial charge on any atom is 0.243 e. The summed E-state index contributed by atoms with van der Waals surface area (Å²) in [5, 5.41) is 3.06. The Hall–Kier alpha value is -2.71. The van der Waals surface area contributed by atoms with E-state index >= 15 is 0 Å². The number of carbonyl (C=O) groups is 2. The van der Waals surface area contributed by atoms with Crippen LogP contribution in [0.5, 0.6) is 0 Å². The third-order valence-electron chi connectivity index (χ3n) is 6.39. The minimum Gasteiger partial charge on any atom is -0.352 e. The summed E-state index contributed by atoms with van der Waals surface area (Å²) < 4.78 is 27.1. The third kappa shape index (κ3) is 6.45. The van der Waals surface area contributed by atoms with Gasteiger partial charge in [-0.3, -0.25) is 9.59 Å². The Morgan fingerprint density at radius 3 is 2.29 bits per heavy atom. The van der Waals surface area contributed by atoms with E-state index in [9.17, 15) is 18.0 Å². The molecule has 2 aromatic carbocycles. The molecule has 2 aromatic rings. The fourth-order valence-electron chi connectivity index (χ4n) is 4.24. The van der Waals surface area contributed by atoms with Crippen LogP contribution in [-0.2, 0) is 26.2 Å². The van der Waals surface area contributed by atoms with Crippen LogP contribution in [-0.4, -0.2) is 55.1 Å². The van der Waals surface area contributed by atoms with Gasteiger partial charge in [0.1, 0.15) is 6.04 Å². The van der Waals surface area contributed by atoms with Gasteiger partial charge in [0.05, 0.1) is 11.4 Å². The second kappa shape index (κ2) is 11.1. The van der Waals surface area contributed by atoms with Gasteiger partial charge in [0.15, 0.2) is 0 Å². The molecule has 0 saturated heterocycles. The minimum atomic E-state index is -3.84. The predicted octanol–water partition coefficient (Wildman–Crippen LogP) is 3.40. The molecule has 1 atom stereocenters. The summed E-state index contributed by atoms with van der Waals surface area (Å²) >= 11 is 0.